The Morgan fingerprint density at radius 1 is 1.16 bits per heavy atom. The molecular weight excluding hydrogens is 324 g/mol. The van der Waals surface area contributed by atoms with E-state index in [1.54, 1.807) is 59.3 Å². The lowest BCUT2D eigenvalue weighted by Crippen LogP contribution is -2.26. The summed E-state index contributed by atoms with van der Waals surface area (Å²) in [5.74, 6) is -0.662. The van der Waals surface area contributed by atoms with E-state index in [-0.39, 0.29) is 29.7 Å². The molecule has 0 fully saturated rings. The van der Waals surface area contributed by atoms with Gasteiger partial charge in [-0.25, -0.2) is 4.79 Å². The molecule has 7 heteroatoms. The molecule has 7 nitrogen and oxygen atoms in total. The van der Waals surface area contributed by atoms with Crippen LogP contribution in [0, 0.1) is 6.92 Å². The van der Waals surface area contributed by atoms with Gasteiger partial charge in [-0.2, -0.15) is 0 Å². The van der Waals surface area contributed by atoms with Gasteiger partial charge in [0.2, 0.25) is 0 Å². The number of aromatic hydroxyl groups is 1. The first-order valence-corrected chi connectivity index (χ1v) is 7.80. The Morgan fingerprint density at radius 2 is 1.76 bits per heavy atom. The highest BCUT2D eigenvalue weighted by molar-refractivity contribution is 6.01. The Hall–Kier alpha value is -2.96. The van der Waals surface area contributed by atoms with Crippen LogP contribution in [-0.2, 0) is 4.74 Å². The van der Waals surface area contributed by atoms with Gasteiger partial charge in [0.05, 0.1) is 13.7 Å². The zero-order valence-electron chi connectivity index (χ0n) is 15.0. The zero-order chi connectivity index (χ0) is 18.7. The molecule has 0 aliphatic carbocycles. The van der Waals surface area contributed by atoms with E-state index < -0.39 is 5.97 Å². The van der Waals surface area contributed by atoms with E-state index in [1.165, 1.54) is 9.47 Å². The number of benzene rings is 1. The minimum absolute atomic E-state index is 0.0743. The van der Waals surface area contributed by atoms with Gasteiger partial charge in [0.25, 0.3) is 5.91 Å². The van der Waals surface area contributed by atoms with Crippen LogP contribution in [0.2, 0.25) is 0 Å². The molecule has 1 amide bonds. The first-order valence-electron chi connectivity index (χ1n) is 7.80. The van der Waals surface area contributed by atoms with E-state index >= 15 is 0 Å². The second-order valence-corrected chi connectivity index (χ2v) is 5.62. The summed E-state index contributed by atoms with van der Waals surface area (Å²) in [6.45, 7) is 3.42. The second-order valence-electron chi connectivity index (χ2n) is 5.62. The molecule has 0 aliphatic rings. The maximum atomic E-state index is 12.6. The number of amides is 1. The summed E-state index contributed by atoms with van der Waals surface area (Å²) in [6, 6.07) is 6.82. The molecule has 0 saturated heterocycles. The predicted molar refractivity (Wildman–Crippen MR) is 92.7 cm³/mol. The molecule has 0 unspecified atom stereocenters. The molecule has 0 bridgehead atoms. The third-order valence-electron chi connectivity index (χ3n) is 3.79. The average Bonchev–Trinajstić information content (AvgIpc) is 2.86. The number of carbonyl (C=O) groups is 2. The van der Waals surface area contributed by atoms with Crippen molar-refractivity contribution in [1.29, 1.82) is 0 Å². The highest BCUT2D eigenvalue weighted by atomic mass is 16.5. The van der Waals surface area contributed by atoms with Crippen LogP contribution in [0.5, 0.6) is 11.5 Å². The number of esters is 1. The Labute approximate surface area is 146 Å². The molecule has 1 heterocycles. The zero-order valence-corrected chi connectivity index (χ0v) is 15.0. The summed E-state index contributed by atoms with van der Waals surface area (Å²) in [7, 11) is 4.76. The number of rotatable bonds is 5. The molecule has 0 aliphatic heterocycles. The van der Waals surface area contributed by atoms with Crippen LogP contribution in [0.1, 0.15) is 33.5 Å². The summed E-state index contributed by atoms with van der Waals surface area (Å²) in [4.78, 5) is 26.4. The van der Waals surface area contributed by atoms with Crippen molar-refractivity contribution in [3.05, 3.63) is 41.2 Å². The van der Waals surface area contributed by atoms with Crippen molar-refractivity contribution in [2.45, 2.75) is 13.8 Å². The Morgan fingerprint density at radius 3 is 2.24 bits per heavy atom. The van der Waals surface area contributed by atoms with Crippen molar-refractivity contribution in [2.24, 2.45) is 0 Å². The Kier molecular flexibility index (Phi) is 5.36. The molecule has 1 aromatic heterocycles. The van der Waals surface area contributed by atoms with E-state index in [0.29, 0.717) is 17.0 Å². The number of ether oxygens (including phenoxy) is 2. The fourth-order valence-electron chi connectivity index (χ4n) is 2.52. The maximum absolute atomic E-state index is 12.6. The molecule has 2 aromatic rings. The van der Waals surface area contributed by atoms with Crippen molar-refractivity contribution in [3.8, 4) is 17.2 Å². The molecule has 134 valence electrons. The van der Waals surface area contributed by atoms with Crippen molar-refractivity contribution >= 4 is 11.9 Å². The Balaban J connectivity index is 2.77. The average molecular weight is 346 g/mol. The van der Waals surface area contributed by atoms with E-state index in [9.17, 15) is 14.7 Å². The fraction of sp³-hybridized carbons (Fsp3) is 0.333. The fourth-order valence-corrected chi connectivity index (χ4v) is 2.52. The number of carbonyl (C=O) groups excluding carboxylic acids is 2. The number of hydrogen-bond donors (Lipinski definition) is 1. The molecule has 0 saturated carbocycles. The number of methoxy groups -OCH3 is 1. The van der Waals surface area contributed by atoms with Gasteiger partial charge in [-0.1, -0.05) is 0 Å². The predicted octanol–water partition coefficient (Wildman–Crippen LogP) is 2.38. The third kappa shape index (κ3) is 3.31. The molecule has 25 heavy (non-hydrogen) atoms. The molecule has 0 spiro atoms. The van der Waals surface area contributed by atoms with Crippen molar-refractivity contribution in [2.75, 3.05) is 27.8 Å². The largest absolute Gasteiger partial charge is 0.505 e. The molecule has 0 radical (unpaired) electrons. The van der Waals surface area contributed by atoms with Gasteiger partial charge in [-0.15, -0.1) is 0 Å². The van der Waals surface area contributed by atoms with E-state index in [0.717, 1.165) is 0 Å². The number of aromatic nitrogens is 1. The molecular formula is C18H22N2O5. The van der Waals surface area contributed by atoms with Crippen molar-refractivity contribution in [3.63, 3.8) is 0 Å². The first-order chi connectivity index (χ1) is 11.8. The lowest BCUT2D eigenvalue weighted by molar-refractivity contribution is 0.0513. The quantitative estimate of drug-likeness (QED) is 0.841. The van der Waals surface area contributed by atoms with Gasteiger partial charge in [0, 0.05) is 25.3 Å². The summed E-state index contributed by atoms with van der Waals surface area (Å²) < 4.78 is 11.6. The lowest BCUT2D eigenvalue weighted by Gasteiger charge is -2.16. The normalized spacial score (nSPS) is 10.4. The molecule has 1 aromatic carbocycles. The first kappa shape index (κ1) is 18.4. The van der Waals surface area contributed by atoms with Gasteiger partial charge >= 0.3 is 5.97 Å². The summed E-state index contributed by atoms with van der Waals surface area (Å²) >= 11 is 0. The second kappa shape index (κ2) is 7.29. The van der Waals surface area contributed by atoms with Crippen molar-refractivity contribution < 1.29 is 24.2 Å². The summed E-state index contributed by atoms with van der Waals surface area (Å²) in [5.41, 5.74) is 0.987. The van der Waals surface area contributed by atoms with Gasteiger partial charge in [0.1, 0.15) is 11.4 Å². The lowest BCUT2D eigenvalue weighted by atomic mass is 10.2. The van der Waals surface area contributed by atoms with Crippen LogP contribution in [-0.4, -0.2) is 54.3 Å². The number of hydrogen-bond acceptors (Lipinski definition) is 5. The SMILES string of the molecule is CCOC(=O)c1c(O)c(C)c(C(=O)N(C)C)n1-c1ccc(OC)cc1. The van der Waals surface area contributed by atoms with Crippen LogP contribution in [0.25, 0.3) is 5.69 Å². The van der Waals surface area contributed by atoms with Crippen LogP contribution < -0.4 is 4.74 Å². The van der Waals surface area contributed by atoms with Crippen LogP contribution >= 0.6 is 0 Å². The van der Waals surface area contributed by atoms with Gasteiger partial charge in [0.15, 0.2) is 11.4 Å². The molecule has 1 N–H and O–H groups in total. The van der Waals surface area contributed by atoms with Gasteiger partial charge in [-0.3, -0.25) is 9.36 Å². The van der Waals surface area contributed by atoms with E-state index in [1.807, 2.05) is 0 Å². The Bertz CT molecular complexity index is 791. The monoisotopic (exact) mass is 346 g/mol. The molecule has 2 rings (SSSR count). The van der Waals surface area contributed by atoms with E-state index in [2.05, 4.69) is 0 Å². The molecule has 0 atom stereocenters. The van der Waals surface area contributed by atoms with Crippen molar-refractivity contribution in [1.82, 2.24) is 9.47 Å². The highest BCUT2D eigenvalue weighted by Crippen LogP contribution is 2.33. The van der Waals surface area contributed by atoms with Crippen LogP contribution in [0.4, 0.5) is 0 Å². The minimum Gasteiger partial charge on any atom is -0.505 e. The minimum atomic E-state index is -0.697. The summed E-state index contributed by atoms with van der Waals surface area (Å²) in [6.07, 6.45) is 0. The highest BCUT2D eigenvalue weighted by Gasteiger charge is 2.30. The maximum Gasteiger partial charge on any atom is 0.359 e. The number of nitrogens with zero attached hydrogens (tertiary/aromatic N) is 2. The topological polar surface area (TPSA) is 81.0 Å². The van der Waals surface area contributed by atoms with Gasteiger partial charge < -0.3 is 19.5 Å². The van der Waals surface area contributed by atoms with Crippen LogP contribution in [0.3, 0.4) is 0 Å². The van der Waals surface area contributed by atoms with Gasteiger partial charge in [-0.05, 0) is 38.1 Å². The standard InChI is InChI=1S/C18H22N2O5/c1-6-25-18(23)15-16(21)11(2)14(17(22)19(3)4)20(15)12-7-9-13(24-5)10-8-12/h7-10,21H,6H2,1-5H3. The van der Waals surface area contributed by atoms with Crippen LogP contribution in [0.15, 0.2) is 24.3 Å². The third-order valence-corrected chi connectivity index (χ3v) is 3.79. The van der Waals surface area contributed by atoms with E-state index in [4.69, 9.17) is 9.47 Å². The smallest absolute Gasteiger partial charge is 0.359 e. The summed E-state index contributed by atoms with van der Waals surface area (Å²) in [5, 5.41) is 10.5.